The van der Waals surface area contributed by atoms with Crippen molar-refractivity contribution < 1.29 is 0 Å². The summed E-state index contributed by atoms with van der Waals surface area (Å²) in [6, 6.07) is 0. The van der Waals surface area contributed by atoms with E-state index in [9.17, 15) is 0 Å². The van der Waals surface area contributed by atoms with E-state index in [4.69, 9.17) is 0 Å². The van der Waals surface area contributed by atoms with Gasteiger partial charge in [0.2, 0.25) is 0 Å². The van der Waals surface area contributed by atoms with Crippen molar-refractivity contribution in [3.63, 3.8) is 0 Å². The summed E-state index contributed by atoms with van der Waals surface area (Å²) >= 11 is 0. The Bertz CT molecular complexity index is 76.0. The maximum absolute atomic E-state index is 2.00. The highest BCUT2D eigenvalue weighted by atomic mass is 14.4. The Morgan fingerprint density at radius 2 is 1.10 bits per heavy atom. The predicted octanol–water partition coefficient (Wildman–Crippen LogP) is 3.61. The summed E-state index contributed by atoms with van der Waals surface area (Å²) in [5, 5.41) is 0. The molecule has 2 rings (SSSR count). The lowest BCUT2D eigenvalue weighted by atomic mass is 10.0. The van der Waals surface area contributed by atoms with Gasteiger partial charge in [-0.05, 0) is 24.7 Å². The maximum Gasteiger partial charge on any atom is -0.0386 e. The predicted molar refractivity (Wildman–Crippen MR) is 46.0 cm³/mol. The topological polar surface area (TPSA) is 0 Å². The average Bonchev–Trinajstić information content (AvgIpc) is 2.72. The van der Waals surface area contributed by atoms with E-state index in [2.05, 4.69) is 0 Å². The molecule has 0 bridgehead atoms. The third kappa shape index (κ3) is 2.00. The van der Waals surface area contributed by atoms with E-state index in [-0.39, 0.29) is 0 Å². The van der Waals surface area contributed by atoms with Crippen LogP contribution in [0.2, 0.25) is 0 Å². The molecule has 0 aliphatic heterocycles. The fraction of sp³-hybridized carbons (Fsp3) is 1.00. The normalized spacial score (nSPS) is 25.8. The molecule has 0 amide bonds. The Balaban J connectivity index is 0.000000231. The first kappa shape index (κ1) is 8.10. The summed E-state index contributed by atoms with van der Waals surface area (Å²) in [6.45, 7) is 4.00. The van der Waals surface area contributed by atoms with Crippen LogP contribution < -0.4 is 0 Å². The lowest BCUT2D eigenvalue weighted by Gasteiger charge is -2.02. The molecule has 2 fully saturated rings. The van der Waals surface area contributed by atoms with Crippen LogP contribution in [0.5, 0.6) is 0 Å². The van der Waals surface area contributed by atoms with Crippen LogP contribution in [0.25, 0.3) is 0 Å². The minimum absolute atomic E-state index is 1.18. The van der Waals surface area contributed by atoms with Gasteiger partial charge in [0.05, 0.1) is 0 Å². The van der Waals surface area contributed by atoms with E-state index in [1.807, 2.05) is 13.8 Å². The molecule has 0 heterocycles. The highest BCUT2D eigenvalue weighted by Gasteiger charge is 2.32. The summed E-state index contributed by atoms with van der Waals surface area (Å²) in [5.74, 6) is 2.37. The molecule has 0 unspecified atom stereocenters. The van der Waals surface area contributed by atoms with Gasteiger partial charge in [-0.15, -0.1) is 0 Å². The molecule has 0 heteroatoms. The average molecular weight is 140 g/mol. The molecule has 0 nitrogen and oxygen atoms in total. The molecule has 2 saturated carbocycles. The molecule has 0 aromatic heterocycles. The number of hydrogen-bond acceptors (Lipinski definition) is 0. The summed E-state index contributed by atoms with van der Waals surface area (Å²) < 4.78 is 0. The van der Waals surface area contributed by atoms with E-state index in [0.29, 0.717) is 0 Å². The van der Waals surface area contributed by atoms with E-state index in [0.717, 1.165) is 0 Å². The lowest BCUT2D eigenvalue weighted by Crippen LogP contribution is -1.93. The Morgan fingerprint density at radius 1 is 0.700 bits per heavy atom. The first-order valence-electron chi connectivity index (χ1n) is 4.97. The first-order chi connectivity index (χ1) is 4.97. The van der Waals surface area contributed by atoms with Gasteiger partial charge in [-0.2, -0.15) is 0 Å². The monoisotopic (exact) mass is 140 g/mol. The van der Waals surface area contributed by atoms with Crippen LogP contribution in [0.3, 0.4) is 0 Å². The lowest BCUT2D eigenvalue weighted by molar-refractivity contribution is 0.480. The molecule has 0 spiro atoms. The molecule has 0 atom stereocenters. The van der Waals surface area contributed by atoms with Crippen molar-refractivity contribution in [2.75, 3.05) is 0 Å². The quantitative estimate of drug-likeness (QED) is 0.522. The second kappa shape index (κ2) is 4.00. The van der Waals surface area contributed by atoms with Crippen molar-refractivity contribution in [1.29, 1.82) is 0 Å². The SMILES string of the molecule is C1CCC(C2CC2)C1.CC. The van der Waals surface area contributed by atoms with Crippen molar-refractivity contribution in [1.82, 2.24) is 0 Å². The summed E-state index contributed by atoms with van der Waals surface area (Å²) in [4.78, 5) is 0. The fourth-order valence-corrected chi connectivity index (χ4v) is 2.00. The second-order valence-electron chi connectivity index (χ2n) is 3.38. The number of rotatable bonds is 1. The van der Waals surface area contributed by atoms with Crippen molar-refractivity contribution in [2.24, 2.45) is 11.8 Å². The zero-order valence-corrected chi connectivity index (χ0v) is 7.40. The largest absolute Gasteiger partial charge is 0.0683 e. The van der Waals surface area contributed by atoms with Crippen LogP contribution in [-0.4, -0.2) is 0 Å². The number of hydrogen-bond donors (Lipinski definition) is 0. The van der Waals surface area contributed by atoms with E-state index in [1.54, 1.807) is 25.7 Å². The van der Waals surface area contributed by atoms with Gasteiger partial charge in [0.1, 0.15) is 0 Å². The van der Waals surface area contributed by atoms with E-state index in [1.165, 1.54) is 24.7 Å². The molecule has 0 N–H and O–H groups in total. The summed E-state index contributed by atoms with van der Waals surface area (Å²) in [5.41, 5.74) is 0. The Hall–Kier alpha value is 0. The minimum Gasteiger partial charge on any atom is -0.0683 e. The zero-order chi connectivity index (χ0) is 7.40. The van der Waals surface area contributed by atoms with Gasteiger partial charge in [-0.3, -0.25) is 0 Å². The standard InChI is InChI=1S/C8H14.C2H6/c1-2-4-7(3-1)8-5-6-8;1-2/h7-8H,1-6H2;1-2H3. The van der Waals surface area contributed by atoms with Gasteiger partial charge in [0.15, 0.2) is 0 Å². The highest BCUT2D eigenvalue weighted by molar-refractivity contribution is 4.83. The summed E-state index contributed by atoms with van der Waals surface area (Å²) in [6.07, 6.45) is 9.30. The van der Waals surface area contributed by atoms with Crippen molar-refractivity contribution >= 4 is 0 Å². The minimum atomic E-state index is 1.18. The van der Waals surface area contributed by atoms with Crippen LogP contribution in [0.4, 0.5) is 0 Å². The smallest absolute Gasteiger partial charge is 0.0386 e. The van der Waals surface area contributed by atoms with Crippen LogP contribution in [0, 0.1) is 11.8 Å². The zero-order valence-electron chi connectivity index (χ0n) is 7.40. The maximum atomic E-state index is 2.00. The van der Waals surface area contributed by atoms with E-state index < -0.39 is 0 Å². The van der Waals surface area contributed by atoms with Crippen LogP contribution in [0.15, 0.2) is 0 Å². The Kier molecular flexibility index (Phi) is 3.24. The van der Waals surface area contributed by atoms with Gasteiger partial charge in [-0.1, -0.05) is 39.5 Å². The molecule has 0 radical (unpaired) electrons. The van der Waals surface area contributed by atoms with Crippen molar-refractivity contribution in [3.8, 4) is 0 Å². The Morgan fingerprint density at radius 3 is 1.50 bits per heavy atom. The van der Waals surface area contributed by atoms with Crippen LogP contribution in [0.1, 0.15) is 52.4 Å². The highest BCUT2D eigenvalue weighted by Crippen LogP contribution is 2.44. The second-order valence-corrected chi connectivity index (χ2v) is 3.38. The molecule has 60 valence electrons. The van der Waals surface area contributed by atoms with E-state index >= 15 is 0 Å². The third-order valence-electron chi connectivity index (χ3n) is 2.69. The van der Waals surface area contributed by atoms with Crippen LogP contribution >= 0.6 is 0 Å². The fourth-order valence-electron chi connectivity index (χ4n) is 2.00. The van der Waals surface area contributed by atoms with Gasteiger partial charge >= 0.3 is 0 Å². The molecule has 0 aromatic rings. The molecule has 10 heavy (non-hydrogen) atoms. The van der Waals surface area contributed by atoms with Crippen molar-refractivity contribution in [3.05, 3.63) is 0 Å². The first-order valence-corrected chi connectivity index (χ1v) is 4.97. The third-order valence-corrected chi connectivity index (χ3v) is 2.69. The van der Waals surface area contributed by atoms with Gasteiger partial charge in [0, 0.05) is 0 Å². The van der Waals surface area contributed by atoms with Crippen LogP contribution in [-0.2, 0) is 0 Å². The Labute approximate surface area is 65.0 Å². The molecular weight excluding hydrogens is 120 g/mol. The van der Waals surface area contributed by atoms with Crippen molar-refractivity contribution in [2.45, 2.75) is 52.4 Å². The summed E-state index contributed by atoms with van der Waals surface area (Å²) in [7, 11) is 0. The molecule has 2 aliphatic carbocycles. The van der Waals surface area contributed by atoms with Gasteiger partial charge in [0.25, 0.3) is 0 Å². The van der Waals surface area contributed by atoms with Gasteiger partial charge in [-0.25, -0.2) is 0 Å². The molecular formula is C10H20. The molecule has 0 aromatic carbocycles. The molecule has 0 saturated heterocycles. The van der Waals surface area contributed by atoms with Gasteiger partial charge < -0.3 is 0 Å². The molecule has 2 aliphatic rings.